The summed E-state index contributed by atoms with van der Waals surface area (Å²) in [5.41, 5.74) is -0.259. The zero-order valence-corrected chi connectivity index (χ0v) is 4.56. The van der Waals surface area contributed by atoms with Crippen molar-refractivity contribution in [1.82, 2.24) is 0 Å². The summed E-state index contributed by atoms with van der Waals surface area (Å²) in [6.45, 7) is 4.45. The van der Waals surface area contributed by atoms with Gasteiger partial charge in [0.05, 0.1) is 0 Å². The van der Waals surface area contributed by atoms with E-state index in [1.54, 1.807) is 0 Å². The molecule has 0 rings (SSSR count). The number of hydrogen-bond acceptors (Lipinski definition) is 1. The summed E-state index contributed by atoms with van der Waals surface area (Å²) in [5, 5.41) is 0. The lowest BCUT2D eigenvalue weighted by atomic mass is 10.4. The first-order valence-electron chi connectivity index (χ1n) is 2.13. The fourth-order valence-corrected chi connectivity index (χ4v) is 0.286. The molecule has 0 aromatic heterocycles. The second kappa shape index (κ2) is 3.29. The van der Waals surface area contributed by atoms with Crippen molar-refractivity contribution in [2.75, 3.05) is 0 Å². The van der Waals surface area contributed by atoms with Crippen molar-refractivity contribution in [2.45, 2.75) is 13.3 Å². The van der Waals surface area contributed by atoms with Crippen LogP contribution in [0.15, 0.2) is 16.8 Å². The lowest BCUT2D eigenvalue weighted by Crippen LogP contribution is -1.91. The van der Waals surface area contributed by atoms with E-state index >= 15 is 0 Å². The molecular formula is C5H7F2N. The maximum absolute atomic E-state index is 11.5. The smallest absolute Gasteiger partial charge is 0.263 e. The number of allylic oxidation sites excluding steroid dienone is 2. The monoisotopic (exact) mass is 119 g/mol. The third-order valence-corrected chi connectivity index (χ3v) is 0.702. The van der Waals surface area contributed by atoms with Crippen LogP contribution in [0.1, 0.15) is 6.92 Å². The fraction of sp³-hybridized carbons (Fsp3) is 0.400. The summed E-state index contributed by atoms with van der Waals surface area (Å²) in [6.07, 6.45) is -1.25. The van der Waals surface area contributed by atoms with E-state index < -0.39 is 6.43 Å². The predicted octanol–water partition coefficient (Wildman–Crippen LogP) is 1.86. The SMILES string of the molecule is C=N/C(=C\C)C(F)F. The van der Waals surface area contributed by atoms with E-state index in [1.165, 1.54) is 13.0 Å². The normalized spacial score (nSPS) is 12.2. The molecular weight excluding hydrogens is 112 g/mol. The van der Waals surface area contributed by atoms with Gasteiger partial charge in [-0.15, -0.1) is 0 Å². The van der Waals surface area contributed by atoms with Crippen LogP contribution in [0.2, 0.25) is 0 Å². The first-order valence-corrected chi connectivity index (χ1v) is 2.13. The Morgan fingerprint density at radius 3 is 2.25 bits per heavy atom. The molecule has 0 unspecified atom stereocenters. The molecule has 46 valence electrons. The van der Waals surface area contributed by atoms with Crippen molar-refractivity contribution in [1.29, 1.82) is 0 Å². The van der Waals surface area contributed by atoms with E-state index in [2.05, 4.69) is 11.7 Å². The third kappa shape index (κ3) is 1.82. The van der Waals surface area contributed by atoms with Crippen molar-refractivity contribution < 1.29 is 8.78 Å². The van der Waals surface area contributed by atoms with Gasteiger partial charge in [-0.25, -0.2) is 8.78 Å². The minimum absolute atomic E-state index is 0.259. The first-order chi connectivity index (χ1) is 3.72. The van der Waals surface area contributed by atoms with Gasteiger partial charge in [0.2, 0.25) is 0 Å². The second-order valence-corrected chi connectivity index (χ2v) is 1.17. The molecule has 0 fully saturated rings. The highest BCUT2D eigenvalue weighted by molar-refractivity contribution is 5.29. The summed E-state index contributed by atoms with van der Waals surface area (Å²) in [6, 6.07) is 0. The van der Waals surface area contributed by atoms with Gasteiger partial charge >= 0.3 is 0 Å². The van der Waals surface area contributed by atoms with E-state index in [9.17, 15) is 8.78 Å². The Kier molecular flexibility index (Phi) is 2.99. The van der Waals surface area contributed by atoms with Crippen LogP contribution in [0.3, 0.4) is 0 Å². The van der Waals surface area contributed by atoms with E-state index in [4.69, 9.17) is 0 Å². The molecule has 3 heteroatoms. The molecule has 0 atom stereocenters. The van der Waals surface area contributed by atoms with Gasteiger partial charge in [0.15, 0.2) is 0 Å². The number of nitrogens with zero attached hydrogens (tertiary/aromatic N) is 1. The quantitative estimate of drug-likeness (QED) is 0.492. The number of aliphatic imine (C=N–C) groups is 1. The van der Waals surface area contributed by atoms with Crippen LogP contribution in [0.4, 0.5) is 8.78 Å². The molecule has 0 bridgehead atoms. The van der Waals surface area contributed by atoms with Gasteiger partial charge in [0.1, 0.15) is 5.70 Å². The zero-order chi connectivity index (χ0) is 6.57. The summed E-state index contributed by atoms with van der Waals surface area (Å²) in [7, 11) is 0. The fourth-order valence-electron chi connectivity index (χ4n) is 0.286. The van der Waals surface area contributed by atoms with Gasteiger partial charge in [0.25, 0.3) is 6.43 Å². The van der Waals surface area contributed by atoms with Crippen LogP contribution in [0.5, 0.6) is 0 Å². The largest absolute Gasteiger partial charge is 0.280 e. The van der Waals surface area contributed by atoms with E-state index in [0.717, 1.165) is 0 Å². The summed E-state index contributed by atoms with van der Waals surface area (Å²) < 4.78 is 23.0. The number of alkyl halides is 2. The van der Waals surface area contributed by atoms with Crippen molar-refractivity contribution in [3.05, 3.63) is 11.8 Å². The molecule has 0 saturated heterocycles. The Labute approximate surface area is 46.7 Å². The molecule has 0 aliphatic heterocycles. The average molecular weight is 119 g/mol. The molecule has 0 aliphatic rings. The van der Waals surface area contributed by atoms with Crippen LogP contribution >= 0.6 is 0 Å². The maximum Gasteiger partial charge on any atom is 0.280 e. The summed E-state index contributed by atoms with van der Waals surface area (Å²) in [4.78, 5) is 3.07. The van der Waals surface area contributed by atoms with Crippen LogP contribution < -0.4 is 0 Å². The molecule has 0 saturated carbocycles. The van der Waals surface area contributed by atoms with E-state index in [0.29, 0.717) is 0 Å². The third-order valence-electron chi connectivity index (χ3n) is 0.702. The highest BCUT2D eigenvalue weighted by atomic mass is 19.3. The average Bonchev–Trinajstić information content (AvgIpc) is 1.69. The van der Waals surface area contributed by atoms with Crippen LogP contribution in [0, 0.1) is 0 Å². The molecule has 0 aliphatic carbocycles. The van der Waals surface area contributed by atoms with Gasteiger partial charge in [-0.1, -0.05) is 6.08 Å². The Morgan fingerprint density at radius 1 is 1.75 bits per heavy atom. The Balaban J connectivity index is 3.91. The van der Waals surface area contributed by atoms with E-state index in [1.807, 2.05) is 0 Å². The number of hydrogen-bond donors (Lipinski definition) is 0. The van der Waals surface area contributed by atoms with Gasteiger partial charge in [-0.3, -0.25) is 4.99 Å². The molecule has 0 aromatic carbocycles. The second-order valence-electron chi connectivity index (χ2n) is 1.17. The minimum Gasteiger partial charge on any atom is -0.263 e. The molecule has 0 radical (unpaired) electrons. The predicted molar refractivity (Wildman–Crippen MR) is 29.3 cm³/mol. The number of halogens is 2. The van der Waals surface area contributed by atoms with Gasteiger partial charge in [-0.2, -0.15) is 0 Å². The van der Waals surface area contributed by atoms with Gasteiger partial charge < -0.3 is 0 Å². The first kappa shape index (κ1) is 7.27. The summed E-state index contributed by atoms with van der Waals surface area (Å²) >= 11 is 0. The minimum atomic E-state index is -2.49. The molecule has 0 N–H and O–H groups in total. The Bertz CT molecular complexity index is 107. The summed E-state index contributed by atoms with van der Waals surface area (Å²) in [5.74, 6) is 0. The zero-order valence-electron chi connectivity index (χ0n) is 4.56. The molecule has 0 heterocycles. The Morgan fingerprint density at radius 2 is 2.25 bits per heavy atom. The van der Waals surface area contributed by atoms with Crippen LogP contribution in [-0.2, 0) is 0 Å². The lowest BCUT2D eigenvalue weighted by Gasteiger charge is -1.93. The van der Waals surface area contributed by atoms with Crippen LogP contribution in [0.25, 0.3) is 0 Å². The van der Waals surface area contributed by atoms with Gasteiger partial charge in [0, 0.05) is 0 Å². The lowest BCUT2D eigenvalue weighted by molar-refractivity contribution is 0.188. The highest BCUT2D eigenvalue weighted by Crippen LogP contribution is 2.07. The van der Waals surface area contributed by atoms with Crippen molar-refractivity contribution in [3.8, 4) is 0 Å². The molecule has 0 spiro atoms. The molecule has 8 heavy (non-hydrogen) atoms. The van der Waals surface area contributed by atoms with Crippen LogP contribution in [-0.4, -0.2) is 13.1 Å². The van der Waals surface area contributed by atoms with Crippen molar-refractivity contribution in [2.24, 2.45) is 4.99 Å². The molecule has 0 amide bonds. The highest BCUT2D eigenvalue weighted by Gasteiger charge is 2.04. The Hall–Kier alpha value is -0.730. The number of rotatable bonds is 2. The van der Waals surface area contributed by atoms with Crippen molar-refractivity contribution >= 4 is 6.72 Å². The van der Waals surface area contributed by atoms with Gasteiger partial charge in [-0.05, 0) is 13.6 Å². The van der Waals surface area contributed by atoms with E-state index in [-0.39, 0.29) is 5.70 Å². The topological polar surface area (TPSA) is 12.4 Å². The molecule has 0 aromatic rings. The van der Waals surface area contributed by atoms with Crippen molar-refractivity contribution in [3.63, 3.8) is 0 Å². The standard InChI is InChI=1S/C5H7F2N/c1-3-4(8-2)5(6)7/h3,5H,2H2,1H3/b4-3-. The maximum atomic E-state index is 11.5. The molecule has 1 nitrogen and oxygen atoms in total.